The average Bonchev–Trinajstić information content (AvgIpc) is 2.93. The lowest BCUT2D eigenvalue weighted by Gasteiger charge is -2.16. The van der Waals surface area contributed by atoms with Crippen molar-refractivity contribution in [2.24, 2.45) is 0 Å². The molecule has 6 heteroatoms. The maximum Gasteiger partial charge on any atom is 0.0891 e. The van der Waals surface area contributed by atoms with Crippen LogP contribution in [0.25, 0.3) is 21.8 Å². The Morgan fingerprint density at radius 3 is 2.11 bits per heavy atom. The molecular formula is C21H17Br2ClN2O. The zero-order valence-corrected chi connectivity index (χ0v) is 18.2. The Kier molecular flexibility index (Phi) is 5.46. The Bertz CT molecular complexity index is 1070. The molecule has 0 saturated heterocycles. The molecule has 0 radical (unpaired) electrons. The highest BCUT2D eigenvalue weighted by molar-refractivity contribution is 9.10. The molecule has 0 saturated carbocycles. The van der Waals surface area contributed by atoms with Crippen molar-refractivity contribution in [3.8, 4) is 0 Å². The Hall–Kier alpha value is -1.53. The highest BCUT2D eigenvalue weighted by Gasteiger charge is 2.15. The molecule has 0 bridgehead atoms. The molecule has 0 amide bonds. The third-order valence-corrected chi connectivity index (χ3v) is 5.90. The van der Waals surface area contributed by atoms with Crippen LogP contribution in [0.3, 0.4) is 0 Å². The minimum atomic E-state index is -0.563. The van der Waals surface area contributed by atoms with Crippen LogP contribution >= 0.6 is 43.5 Å². The maximum absolute atomic E-state index is 10.7. The number of hydrogen-bond acceptors (Lipinski definition) is 2. The first-order chi connectivity index (χ1) is 13.0. The molecule has 4 rings (SSSR count). The van der Waals surface area contributed by atoms with Gasteiger partial charge in [-0.3, -0.25) is 0 Å². The Morgan fingerprint density at radius 2 is 1.52 bits per heavy atom. The number of halogens is 3. The molecule has 0 aliphatic carbocycles. The highest BCUT2D eigenvalue weighted by atomic mass is 79.9. The Labute approximate surface area is 179 Å². The van der Waals surface area contributed by atoms with E-state index in [9.17, 15) is 5.11 Å². The van der Waals surface area contributed by atoms with Gasteiger partial charge in [0, 0.05) is 37.3 Å². The highest BCUT2D eigenvalue weighted by Crippen LogP contribution is 2.33. The van der Waals surface area contributed by atoms with E-state index in [0.29, 0.717) is 18.1 Å². The molecule has 0 fully saturated rings. The van der Waals surface area contributed by atoms with Crippen LogP contribution in [-0.2, 0) is 6.54 Å². The quantitative estimate of drug-likeness (QED) is 0.325. The Morgan fingerprint density at radius 1 is 0.926 bits per heavy atom. The number of anilines is 1. The molecule has 1 heterocycles. The molecule has 3 nitrogen and oxygen atoms in total. The van der Waals surface area contributed by atoms with Crippen LogP contribution in [0.2, 0.25) is 5.02 Å². The zero-order chi connectivity index (χ0) is 19.0. The van der Waals surface area contributed by atoms with Gasteiger partial charge in [0.15, 0.2) is 0 Å². The summed E-state index contributed by atoms with van der Waals surface area (Å²) in [7, 11) is 0. The van der Waals surface area contributed by atoms with E-state index < -0.39 is 6.10 Å². The number of aliphatic hydroxyl groups is 1. The van der Waals surface area contributed by atoms with E-state index in [2.05, 4.69) is 66.0 Å². The predicted octanol–water partition coefficient (Wildman–Crippen LogP) is 6.45. The van der Waals surface area contributed by atoms with E-state index >= 15 is 0 Å². The van der Waals surface area contributed by atoms with Crippen molar-refractivity contribution in [1.82, 2.24) is 4.57 Å². The van der Waals surface area contributed by atoms with Gasteiger partial charge in [0.2, 0.25) is 0 Å². The normalized spacial score (nSPS) is 12.6. The smallest absolute Gasteiger partial charge is 0.0891 e. The maximum atomic E-state index is 10.7. The second-order valence-corrected chi connectivity index (χ2v) is 8.69. The van der Waals surface area contributed by atoms with Crippen molar-refractivity contribution in [3.05, 3.63) is 74.6 Å². The number of aliphatic hydroxyl groups excluding tert-OH is 1. The summed E-state index contributed by atoms with van der Waals surface area (Å²) in [4.78, 5) is 0. The molecule has 1 atom stereocenters. The van der Waals surface area contributed by atoms with Gasteiger partial charge >= 0.3 is 0 Å². The van der Waals surface area contributed by atoms with E-state index in [-0.39, 0.29) is 0 Å². The van der Waals surface area contributed by atoms with Crippen molar-refractivity contribution in [3.63, 3.8) is 0 Å². The van der Waals surface area contributed by atoms with Crippen LogP contribution in [0, 0.1) is 0 Å². The summed E-state index contributed by atoms with van der Waals surface area (Å²) in [5.41, 5.74) is 3.03. The predicted molar refractivity (Wildman–Crippen MR) is 121 cm³/mol. The summed E-state index contributed by atoms with van der Waals surface area (Å²) in [5, 5.41) is 16.9. The van der Waals surface area contributed by atoms with Crippen LogP contribution in [0.4, 0.5) is 5.69 Å². The van der Waals surface area contributed by atoms with Gasteiger partial charge in [0.1, 0.15) is 0 Å². The van der Waals surface area contributed by atoms with Crippen LogP contribution in [0.1, 0.15) is 0 Å². The average molecular weight is 509 g/mol. The summed E-state index contributed by atoms with van der Waals surface area (Å²) < 4.78 is 4.24. The zero-order valence-electron chi connectivity index (χ0n) is 14.3. The minimum absolute atomic E-state index is 0.415. The fourth-order valence-electron chi connectivity index (χ4n) is 3.35. The van der Waals surface area contributed by atoms with Gasteiger partial charge in [0.25, 0.3) is 0 Å². The molecule has 27 heavy (non-hydrogen) atoms. The number of aromatic nitrogens is 1. The topological polar surface area (TPSA) is 37.2 Å². The lowest BCUT2D eigenvalue weighted by atomic mass is 10.2. The monoisotopic (exact) mass is 506 g/mol. The molecule has 0 aliphatic heterocycles. The van der Waals surface area contributed by atoms with Crippen molar-refractivity contribution >= 4 is 71.0 Å². The molecule has 0 spiro atoms. The van der Waals surface area contributed by atoms with Gasteiger partial charge in [-0.25, -0.2) is 0 Å². The van der Waals surface area contributed by atoms with Crippen molar-refractivity contribution in [2.75, 3.05) is 11.9 Å². The number of fused-ring (bicyclic) bond motifs is 3. The summed E-state index contributed by atoms with van der Waals surface area (Å²) in [5.74, 6) is 0. The van der Waals surface area contributed by atoms with E-state index in [0.717, 1.165) is 36.4 Å². The summed E-state index contributed by atoms with van der Waals surface area (Å²) >= 11 is 13.3. The second kappa shape index (κ2) is 7.84. The molecule has 1 aromatic heterocycles. The third kappa shape index (κ3) is 3.87. The largest absolute Gasteiger partial charge is 0.389 e. The van der Waals surface area contributed by atoms with Gasteiger partial charge in [-0.1, -0.05) is 55.6 Å². The van der Waals surface area contributed by atoms with Crippen molar-refractivity contribution < 1.29 is 5.11 Å². The minimum Gasteiger partial charge on any atom is -0.389 e. The number of hydrogen-bond donors (Lipinski definition) is 2. The number of rotatable bonds is 5. The van der Waals surface area contributed by atoms with E-state index in [1.165, 1.54) is 0 Å². The molecule has 2 N–H and O–H groups in total. The SMILES string of the molecule is O[C@H](CNc1ccccc1Cl)Cn1c2ccc(Br)cc2c2cc(Br)ccc21. The molecule has 4 aromatic rings. The molecule has 138 valence electrons. The number of nitrogens with zero attached hydrogens (tertiary/aromatic N) is 1. The first-order valence-corrected chi connectivity index (χ1v) is 10.5. The number of benzene rings is 3. The second-order valence-electron chi connectivity index (χ2n) is 6.45. The summed E-state index contributed by atoms with van der Waals surface area (Å²) in [6, 6.07) is 20.0. The fraction of sp³-hybridized carbons (Fsp3) is 0.143. The van der Waals surface area contributed by atoms with Gasteiger partial charge < -0.3 is 15.0 Å². The van der Waals surface area contributed by atoms with E-state index in [4.69, 9.17) is 11.6 Å². The molecular weight excluding hydrogens is 492 g/mol. The fourth-order valence-corrected chi connectivity index (χ4v) is 4.28. The number of nitrogens with one attached hydrogen (secondary N) is 1. The van der Waals surface area contributed by atoms with Gasteiger partial charge in [0.05, 0.1) is 23.4 Å². The van der Waals surface area contributed by atoms with E-state index in [1.54, 1.807) is 0 Å². The molecule has 0 aliphatic rings. The van der Waals surface area contributed by atoms with Crippen LogP contribution in [-0.4, -0.2) is 22.3 Å². The standard InChI is InChI=1S/C21H17Br2ClN2O/c22-13-5-7-20-16(9-13)17-10-14(23)6-8-21(17)26(20)12-15(27)11-25-19-4-2-1-3-18(19)24/h1-10,15,25,27H,11-12H2/t15-/m1/s1. The lowest BCUT2D eigenvalue weighted by molar-refractivity contribution is 0.169. The first kappa shape index (κ1) is 18.8. The van der Waals surface area contributed by atoms with Gasteiger partial charge in [-0.05, 0) is 48.5 Å². The van der Waals surface area contributed by atoms with Crippen LogP contribution < -0.4 is 5.32 Å². The molecule has 3 aromatic carbocycles. The van der Waals surface area contributed by atoms with Crippen molar-refractivity contribution in [2.45, 2.75) is 12.6 Å². The summed E-state index contributed by atoms with van der Waals surface area (Å²) in [6.45, 7) is 0.901. The summed E-state index contributed by atoms with van der Waals surface area (Å²) in [6.07, 6.45) is -0.563. The van der Waals surface area contributed by atoms with Gasteiger partial charge in [-0.2, -0.15) is 0 Å². The van der Waals surface area contributed by atoms with Crippen LogP contribution in [0.15, 0.2) is 69.6 Å². The number of para-hydroxylation sites is 1. The van der Waals surface area contributed by atoms with Crippen LogP contribution in [0.5, 0.6) is 0 Å². The lowest BCUT2D eigenvalue weighted by Crippen LogP contribution is -2.24. The van der Waals surface area contributed by atoms with Gasteiger partial charge in [-0.15, -0.1) is 0 Å². The van der Waals surface area contributed by atoms with E-state index in [1.807, 2.05) is 36.4 Å². The van der Waals surface area contributed by atoms with Crippen molar-refractivity contribution in [1.29, 1.82) is 0 Å². The molecule has 0 unspecified atom stereocenters. The Balaban J connectivity index is 1.65. The first-order valence-electron chi connectivity index (χ1n) is 8.56. The third-order valence-electron chi connectivity index (χ3n) is 4.58.